The van der Waals surface area contributed by atoms with Gasteiger partial charge < -0.3 is 13.9 Å². The Morgan fingerprint density at radius 1 is 1.03 bits per heavy atom. The summed E-state index contributed by atoms with van der Waals surface area (Å²) >= 11 is 0. The van der Waals surface area contributed by atoms with Crippen molar-refractivity contribution in [2.24, 2.45) is 5.41 Å². The number of ketones is 1. The van der Waals surface area contributed by atoms with Crippen molar-refractivity contribution in [3.05, 3.63) is 64.9 Å². The minimum atomic E-state index is -0.414. The van der Waals surface area contributed by atoms with Gasteiger partial charge in [0.25, 0.3) is 0 Å². The number of carbonyl (C=O) groups is 2. The molecule has 0 fully saturated rings. The van der Waals surface area contributed by atoms with Crippen LogP contribution < -0.4 is 4.74 Å². The van der Waals surface area contributed by atoms with Crippen molar-refractivity contribution in [2.75, 3.05) is 13.7 Å². The highest BCUT2D eigenvalue weighted by atomic mass is 16.5. The van der Waals surface area contributed by atoms with E-state index in [9.17, 15) is 9.59 Å². The minimum absolute atomic E-state index is 0.0868. The maximum absolute atomic E-state index is 12.3. The number of esters is 1. The van der Waals surface area contributed by atoms with Crippen LogP contribution >= 0.6 is 0 Å². The second-order valence-electron chi connectivity index (χ2n) is 10.5. The molecule has 0 amide bonds. The van der Waals surface area contributed by atoms with E-state index in [1.165, 1.54) is 12.7 Å². The topological polar surface area (TPSA) is 65.7 Å². The number of ether oxygens (including phenoxy) is 2. The number of Topliss-reactive ketones (excluding diaryl/α,β-unsaturated/α-hetero) is 1. The van der Waals surface area contributed by atoms with Crippen molar-refractivity contribution < 1.29 is 23.5 Å². The largest absolute Gasteiger partial charge is 0.486 e. The highest BCUT2D eigenvalue weighted by Crippen LogP contribution is 2.34. The summed E-state index contributed by atoms with van der Waals surface area (Å²) in [5, 5.41) is 0.907. The van der Waals surface area contributed by atoms with E-state index >= 15 is 0 Å². The fourth-order valence-corrected chi connectivity index (χ4v) is 4.15. The Labute approximate surface area is 208 Å². The third-order valence-electron chi connectivity index (χ3n) is 6.54. The molecule has 5 nitrogen and oxygen atoms in total. The van der Waals surface area contributed by atoms with Crippen LogP contribution in [0.3, 0.4) is 0 Å². The van der Waals surface area contributed by atoms with Gasteiger partial charge in [0.15, 0.2) is 5.78 Å². The van der Waals surface area contributed by atoms with Crippen LogP contribution in [0, 0.1) is 5.41 Å². The molecule has 35 heavy (non-hydrogen) atoms. The van der Waals surface area contributed by atoms with Crippen molar-refractivity contribution in [2.45, 2.75) is 72.6 Å². The molecule has 1 unspecified atom stereocenters. The maximum Gasteiger partial charge on any atom is 0.337 e. The van der Waals surface area contributed by atoms with Gasteiger partial charge in [-0.2, -0.15) is 0 Å². The van der Waals surface area contributed by atoms with Crippen LogP contribution in [-0.2, 0) is 16.0 Å². The molecule has 0 radical (unpaired) electrons. The first kappa shape index (κ1) is 26.5. The number of benzene rings is 2. The maximum atomic E-state index is 12.3. The van der Waals surface area contributed by atoms with E-state index in [0.717, 1.165) is 47.3 Å². The predicted molar refractivity (Wildman–Crippen MR) is 139 cm³/mol. The Kier molecular flexibility index (Phi) is 8.42. The Morgan fingerprint density at radius 2 is 1.77 bits per heavy atom. The second-order valence-corrected chi connectivity index (χ2v) is 10.5. The molecule has 2 aromatic carbocycles. The summed E-state index contributed by atoms with van der Waals surface area (Å²) in [6.07, 6.45) is 2.75. The summed E-state index contributed by atoms with van der Waals surface area (Å²) in [5.41, 5.74) is 3.28. The number of hydrogen-bond acceptors (Lipinski definition) is 5. The molecule has 5 heteroatoms. The van der Waals surface area contributed by atoms with Crippen LogP contribution in [0.5, 0.6) is 5.75 Å². The molecule has 0 saturated carbocycles. The highest BCUT2D eigenvalue weighted by molar-refractivity contribution is 5.94. The van der Waals surface area contributed by atoms with Gasteiger partial charge in [-0.05, 0) is 66.1 Å². The molecular weight excluding hydrogens is 440 g/mol. The Hall–Kier alpha value is -3.08. The third kappa shape index (κ3) is 6.53. The summed E-state index contributed by atoms with van der Waals surface area (Å²) in [5.74, 6) is 2.09. The van der Waals surface area contributed by atoms with Gasteiger partial charge in [0, 0.05) is 17.2 Å². The molecule has 3 rings (SSSR count). The normalized spacial score (nSPS) is 12.7. The first-order valence-electron chi connectivity index (χ1n) is 12.4. The van der Waals surface area contributed by atoms with Gasteiger partial charge in [0.05, 0.1) is 12.7 Å². The lowest BCUT2D eigenvalue weighted by molar-refractivity contribution is -0.128. The first-order valence-corrected chi connectivity index (χ1v) is 12.4. The molecule has 0 spiro atoms. The summed E-state index contributed by atoms with van der Waals surface area (Å²) in [4.78, 5) is 24.1. The molecule has 3 aromatic rings. The summed E-state index contributed by atoms with van der Waals surface area (Å²) < 4.78 is 16.8. The standard InChI is InChI=1S/C30H38O5/c1-8-20(9-12-24-16-23-15-22(29(32)33-7)11-13-26(23)35-24)21-10-14-27(25(17-21)19(2)3)34-18-28(31)30(4,5)6/h10-11,13-17,19-20H,8-9,12,18H2,1-7H3. The van der Waals surface area contributed by atoms with Crippen LogP contribution in [0.1, 0.15) is 93.5 Å². The zero-order valence-electron chi connectivity index (χ0n) is 22.1. The van der Waals surface area contributed by atoms with Gasteiger partial charge in [-0.15, -0.1) is 0 Å². The van der Waals surface area contributed by atoms with Crippen LogP contribution in [-0.4, -0.2) is 25.5 Å². The highest BCUT2D eigenvalue weighted by Gasteiger charge is 2.23. The van der Waals surface area contributed by atoms with E-state index in [1.54, 1.807) is 6.07 Å². The van der Waals surface area contributed by atoms with E-state index in [-0.39, 0.29) is 24.3 Å². The molecule has 0 N–H and O–H groups in total. The molecule has 0 saturated heterocycles. The van der Waals surface area contributed by atoms with E-state index in [0.29, 0.717) is 11.5 Å². The minimum Gasteiger partial charge on any atom is -0.486 e. The zero-order valence-corrected chi connectivity index (χ0v) is 22.1. The number of hydrogen-bond donors (Lipinski definition) is 0. The van der Waals surface area contributed by atoms with Gasteiger partial charge in [-0.3, -0.25) is 4.79 Å². The fraction of sp³-hybridized carbons (Fsp3) is 0.467. The number of aryl methyl sites for hydroxylation is 1. The predicted octanol–water partition coefficient (Wildman–Crippen LogP) is 7.46. The van der Waals surface area contributed by atoms with Gasteiger partial charge in [-0.25, -0.2) is 4.79 Å². The molecule has 1 atom stereocenters. The van der Waals surface area contributed by atoms with E-state index in [4.69, 9.17) is 13.9 Å². The van der Waals surface area contributed by atoms with Gasteiger partial charge in [-0.1, -0.05) is 53.7 Å². The lowest BCUT2D eigenvalue weighted by atomic mass is 9.88. The Balaban J connectivity index is 1.74. The molecule has 0 aliphatic rings. The average molecular weight is 479 g/mol. The number of methoxy groups -OCH3 is 1. The summed E-state index contributed by atoms with van der Waals surface area (Å²) in [6, 6.07) is 13.7. The summed E-state index contributed by atoms with van der Waals surface area (Å²) in [7, 11) is 1.38. The van der Waals surface area contributed by atoms with Crippen molar-refractivity contribution >= 4 is 22.7 Å². The number of fused-ring (bicyclic) bond motifs is 1. The van der Waals surface area contributed by atoms with Crippen molar-refractivity contribution in [3.8, 4) is 5.75 Å². The van der Waals surface area contributed by atoms with Gasteiger partial charge in [0.1, 0.15) is 23.7 Å². The Morgan fingerprint density at radius 3 is 2.40 bits per heavy atom. The van der Waals surface area contributed by atoms with E-state index < -0.39 is 5.41 Å². The van der Waals surface area contributed by atoms with E-state index in [2.05, 4.69) is 32.9 Å². The van der Waals surface area contributed by atoms with Crippen LogP contribution in [0.4, 0.5) is 0 Å². The third-order valence-corrected chi connectivity index (χ3v) is 6.54. The lowest BCUT2D eigenvalue weighted by Gasteiger charge is -2.21. The van der Waals surface area contributed by atoms with E-state index in [1.807, 2.05) is 45.0 Å². The smallest absolute Gasteiger partial charge is 0.337 e. The van der Waals surface area contributed by atoms with Crippen molar-refractivity contribution in [3.63, 3.8) is 0 Å². The van der Waals surface area contributed by atoms with Crippen molar-refractivity contribution in [1.82, 2.24) is 0 Å². The molecule has 0 bridgehead atoms. The lowest BCUT2D eigenvalue weighted by Crippen LogP contribution is -2.26. The quantitative estimate of drug-likeness (QED) is 0.283. The number of furan rings is 1. The molecule has 0 aliphatic heterocycles. The van der Waals surface area contributed by atoms with Crippen molar-refractivity contribution in [1.29, 1.82) is 0 Å². The monoisotopic (exact) mass is 478 g/mol. The summed E-state index contributed by atoms with van der Waals surface area (Å²) in [6.45, 7) is 12.3. The average Bonchev–Trinajstić information content (AvgIpc) is 3.24. The number of carbonyl (C=O) groups excluding carboxylic acids is 2. The molecule has 0 aliphatic carbocycles. The fourth-order valence-electron chi connectivity index (χ4n) is 4.15. The SMILES string of the molecule is CCC(CCc1cc2cc(C(=O)OC)ccc2o1)c1ccc(OCC(=O)C(C)(C)C)c(C(C)C)c1. The second kappa shape index (κ2) is 11.1. The first-order chi connectivity index (χ1) is 16.5. The van der Waals surface area contributed by atoms with Gasteiger partial charge >= 0.3 is 5.97 Å². The van der Waals surface area contributed by atoms with Crippen LogP contribution in [0.25, 0.3) is 11.0 Å². The molecule has 1 heterocycles. The van der Waals surface area contributed by atoms with Crippen LogP contribution in [0.15, 0.2) is 46.9 Å². The zero-order chi connectivity index (χ0) is 25.8. The Bertz CT molecular complexity index is 1180. The molecule has 1 aromatic heterocycles. The molecule has 188 valence electrons. The molecular formula is C30H38O5. The van der Waals surface area contributed by atoms with Gasteiger partial charge in [0.2, 0.25) is 0 Å². The number of rotatable bonds is 10. The van der Waals surface area contributed by atoms with Crippen LogP contribution in [0.2, 0.25) is 0 Å².